The number of thioether (sulfide) groups is 1. The van der Waals surface area contributed by atoms with Crippen molar-refractivity contribution in [3.63, 3.8) is 0 Å². The van der Waals surface area contributed by atoms with Crippen LogP contribution in [0, 0.1) is 0 Å². The number of carbonyl (C=O) groups excluding carboxylic acids is 2. The van der Waals surface area contributed by atoms with E-state index in [2.05, 4.69) is 0 Å². The summed E-state index contributed by atoms with van der Waals surface area (Å²) in [5.74, 6) is 1.47. The smallest absolute Gasteiger partial charge is 0.293 e. The molecule has 0 aromatic heterocycles. The van der Waals surface area contributed by atoms with Gasteiger partial charge in [0.05, 0.1) is 25.7 Å². The molecule has 1 fully saturated rings. The highest BCUT2D eigenvalue weighted by molar-refractivity contribution is 8.18. The largest absolute Gasteiger partial charge is 0.497 e. The fraction of sp³-hybridized carbons (Fsp3) is 0.200. The van der Waals surface area contributed by atoms with Gasteiger partial charge in [0.25, 0.3) is 11.1 Å². The highest BCUT2D eigenvalue weighted by atomic mass is 35.5. The van der Waals surface area contributed by atoms with E-state index in [0.717, 1.165) is 11.8 Å². The predicted molar refractivity (Wildman–Crippen MR) is 109 cm³/mol. The number of benzene rings is 2. The van der Waals surface area contributed by atoms with Crippen LogP contribution in [0.5, 0.6) is 17.2 Å². The number of imide groups is 1. The first-order valence-electron chi connectivity index (χ1n) is 8.37. The SMILES string of the molecule is COc1cc(/C=C2\SC(=O)N(CCOc3ccc(Cl)cc3)C2=O)cc(OC)c1. The molecular weight excluding hydrogens is 402 g/mol. The Balaban J connectivity index is 1.67. The summed E-state index contributed by atoms with van der Waals surface area (Å²) in [6.07, 6.45) is 1.65. The lowest BCUT2D eigenvalue weighted by Gasteiger charge is -2.13. The van der Waals surface area contributed by atoms with Gasteiger partial charge in [0, 0.05) is 11.1 Å². The summed E-state index contributed by atoms with van der Waals surface area (Å²) in [5, 5.41) is 0.281. The summed E-state index contributed by atoms with van der Waals surface area (Å²) in [5.41, 5.74) is 0.708. The lowest BCUT2D eigenvalue weighted by atomic mass is 10.2. The van der Waals surface area contributed by atoms with Crippen molar-refractivity contribution in [1.29, 1.82) is 0 Å². The van der Waals surface area contributed by atoms with Crippen molar-refractivity contribution in [2.75, 3.05) is 27.4 Å². The number of rotatable bonds is 7. The van der Waals surface area contributed by atoms with Gasteiger partial charge in [-0.3, -0.25) is 14.5 Å². The second kappa shape index (κ2) is 9.03. The first-order chi connectivity index (χ1) is 13.5. The number of halogens is 1. The molecule has 2 aromatic carbocycles. The van der Waals surface area contributed by atoms with Gasteiger partial charge < -0.3 is 14.2 Å². The van der Waals surface area contributed by atoms with E-state index >= 15 is 0 Å². The normalized spacial score (nSPS) is 15.2. The number of nitrogens with zero attached hydrogens (tertiary/aromatic N) is 1. The van der Waals surface area contributed by atoms with Crippen LogP contribution in [0.3, 0.4) is 0 Å². The van der Waals surface area contributed by atoms with E-state index in [9.17, 15) is 9.59 Å². The average Bonchev–Trinajstić information content (AvgIpc) is 2.96. The maximum atomic E-state index is 12.6. The maximum Gasteiger partial charge on any atom is 0.293 e. The van der Waals surface area contributed by atoms with Crippen molar-refractivity contribution >= 4 is 40.6 Å². The molecule has 8 heteroatoms. The van der Waals surface area contributed by atoms with E-state index in [4.69, 9.17) is 25.8 Å². The highest BCUT2D eigenvalue weighted by Crippen LogP contribution is 2.33. The lowest BCUT2D eigenvalue weighted by Crippen LogP contribution is -2.32. The van der Waals surface area contributed by atoms with Gasteiger partial charge in [0.15, 0.2) is 0 Å². The third-order valence-corrected chi connectivity index (χ3v) is 5.10. The summed E-state index contributed by atoms with van der Waals surface area (Å²) in [6, 6.07) is 12.1. The molecule has 6 nitrogen and oxygen atoms in total. The Kier molecular flexibility index (Phi) is 6.49. The fourth-order valence-electron chi connectivity index (χ4n) is 2.54. The van der Waals surface area contributed by atoms with Crippen LogP contribution in [0.1, 0.15) is 5.56 Å². The van der Waals surface area contributed by atoms with Gasteiger partial charge >= 0.3 is 0 Å². The van der Waals surface area contributed by atoms with Crippen molar-refractivity contribution < 1.29 is 23.8 Å². The third-order valence-electron chi connectivity index (χ3n) is 3.94. The van der Waals surface area contributed by atoms with Gasteiger partial charge in [0.1, 0.15) is 23.9 Å². The standard InChI is InChI=1S/C20H18ClNO5S/c1-25-16-9-13(10-17(12-16)26-2)11-18-19(23)22(20(24)28-18)7-8-27-15-5-3-14(21)4-6-15/h3-6,9-12H,7-8H2,1-2H3/b18-11-. The van der Waals surface area contributed by atoms with E-state index < -0.39 is 0 Å². The van der Waals surface area contributed by atoms with Crippen molar-refractivity contribution in [1.82, 2.24) is 4.90 Å². The zero-order chi connectivity index (χ0) is 20.1. The lowest BCUT2D eigenvalue weighted by molar-refractivity contribution is -0.123. The molecule has 146 valence electrons. The zero-order valence-electron chi connectivity index (χ0n) is 15.3. The second-order valence-corrected chi connectivity index (χ2v) is 7.21. The van der Waals surface area contributed by atoms with E-state index in [0.29, 0.717) is 32.7 Å². The molecular formula is C20H18ClNO5S. The maximum absolute atomic E-state index is 12.6. The summed E-state index contributed by atoms with van der Waals surface area (Å²) in [6.45, 7) is 0.353. The van der Waals surface area contributed by atoms with Crippen molar-refractivity contribution in [2.45, 2.75) is 0 Å². The molecule has 0 unspecified atom stereocenters. The quantitative estimate of drug-likeness (QED) is 0.617. The fourth-order valence-corrected chi connectivity index (χ4v) is 3.53. The van der Waals surface area contributed by atoms with Gasteiger partial charge in [-0.1, -0.05) is 11.6 Å². The highest BCUT2D eigenvalue weighted by Gasteiger charge is 2.34. The van der Waals surface area contributed by atoms with Gasteiger partial charge in [0.2, 0.25) is 0 Å². The number of amides is 2. The number of carbonyl (C=O) groups is 2. The molecule has 1 heterocycles. The summed E-state index contributed by atoms with van der Waals surface area (Å²) < 4.78 is 16.0. The van der Waals surface area contributed by atoms with Crippen molar-refractivity contribution in [2.24, 2.45) is 0 Å². The minimum Gasteiger partial charge on any atom is -0.497 e. The van der Waals surface area contributed by atoms with Crippen LogP contribution in [0.2, 0.25) is 5.02 Å². The Hall–Kier alpha value is -2.64. The molecule has 0 aliphatic carbocycles. The van der Waals surface area contributed by atoms with Crippen LogP contribution in [-0.4, -0.2) is 43.4 Å². The molecule has 0 radical (unpaired) electrons. The monoisotopic (exact) mass is 419 g/mol. The Labute approximate surface area is 172 Å². The Morgan fingerprint density at radius 1 is 1.00 bits per heavy atom. The molecule has 28 heavy (non-hydrogen) atoms. The zero-order valence-corrected chi connectivity index (χ0v) is 16.9. The molecule has 0 atom stereocenters. The Morgan fingerprint density at radius 3 is 2.25 bits per heavy atom. The van der Waals surface area contributed by atoms with E-state index in [-0.39, 0.29) is 24.3 Å². The molecule has 2 amide bonds. The molecule has 0 bridgehead atoms. The Bertz CT molecular complexity index is 891. The molecule has 0 saturated carbocycles. The van der Waals surface area contributed by atoms with Gasteiger partial charge in [-0.25, -0.2) is 0 Å². The average molecular weight is 420 g/mol. The van der Waals surface area contributed by atoms with Gasteiger partial charge in [-0.2, -0.15) is 0 Å². The molecule has 3 rings (SSSR count). The first-order valence-corrected chi connectivity index (χ1v) is 9.56. The molecule has 0 N–H and O–H groups in total. The molecule has 2 aromatic rings. The van der Waals surface area contributed by atoms with Gasteiger partial charge in [-0.05, 0) is 59.8 Å². The van der Waals surface area contributed by atoms with E-state index in [1.165, 1.54) is 4.90 Å². The number of methoxy groups -OCH3 is 2. The van der Waals surface area contributed by atoms with Crippen LogP contribution in [0.15, 0.2) is 47.4 Å². The van der Waals surface area contributed by atoms with Crippen LogP contribution in [0.4, 0.5) is 4.79 Å². The van der Waals surface area contributed by atoms with Crippen molar-refractivity contribution in [3.8, 4) is 17.2 Å². The molecule has 1 aliphatic rings. The molecule has 1 saturated heterocycles. The van der Waals surface area contributed by atoms with Crippen LogP contribution in [-0.2, 0) is 4.79 Å². The van der Waals surface area contributed by atoms with Crippen LogP contribution in [0.25, 0.3) is 6.08 Å². The number of hydrogen-bond donors (Lipinski definition) is 0. The van der Waals surface area contributed by atoms with Gasteiger partial charge in [-0.15, -0.1) is 0 Å². The molecule has 1 aliphatic heterocycles. The minimum absolute atomic E-state index is 0.159. The summed E-state index contributed by atoms with van der Waals surface area (Å²) >= 11 is 6.73. The topological polar surface area (TPSA) is 65.1 Å². The summed E-state index contributed by atoms with van der Waals surface area (Å²) in [7, 11) is 3.10. The van der Waals surface area contributed by atoms with Crippen LogP contribution < -0.4 is 14.2 Å². The number of hydrogen-bond acceptors (Lipinski definition) is 6. The van der Waals surface area contributed by atoms with E-state index in [1.54, 1.807) is 62.8 Å². The second-order valence-electron chi connectivity index (χ2n) is 5.78. The first kappa shape index (κ1) is 20.1. The van der Waals surface area contributed by atoms with Crippen molar-refractivity contribution in [3.05, 3.63) is 58.0 Å². The third kappa shape index (κ3) is 4.79. The van der Waals surface area contributed by atoms with Crippen LogP contribution >= 0.6 is 23.4 Å². The number of ether oxygens (including phenoxy) is 3. The summed E-state index contributed by atoms with van der Waals surface area (Å²) in [4.78, 5) is 26.3. The minimum atomic E-state index is -0.350. The Morgan fingerprint density at radius 2 is 1.64 bits per heavy atom. The predicted octanol–water partition coefficient (Wildman–Crippen LogP) is 4.47. The molecule has 0 spiro atoms. The van der Waals surface area contributed by atoms with E-state index in [1.807, 2.05) is 0 Å².